The molecule has 130 valence electrons. The highest BCUT2D eigenvalue weighted by Gasteiger charge is 2.71. The zero-order valence-corrected chi connectivity index (χ0v) is 15.0. The smallest absolute Gasteiger partial charge is 0.263 e. The van der Waals surface area contributed by atoms with Crippen molar-refractivity contribution in [3.05, 3.63) is 29.8 Å². The maximum Gasteiger partial charge on any atom is 0.263 e. The molecule has 2 rings (SSSR count). The standard InChI is InChI=1S/C18H28O5/c1-7-11-21-13-17(16(2,3)4)18(20-6,23-22-17)14-9-8-10-15(12-14)19-5/h8-10,12H,7,11,13H2,1-6H3. The van der Waals surface area contributed by atoms with E-state index in [0.29, 0.717) is 13.2 Å². The van der Waals surface area contributed by atoms with Crippen molar-refractivity contribution in [2.24, 2.45) is 5.41 Å². The minimum absolute atomic E-state index is 0.266. The van der Waals surface area contributed by atoms with E-state index < -0.39 is 11.4 Å². The zero-order valence-electron chi connectivity index (χ0n) is 15.0. The Morgan fingerprint density at radius 2 is 1.87 bits per heavy atom. The van der Waals surface area contributed by atoms with Crippen LogP contribution in [0.4, 0.5) is 0 Å². The first-order valence-corrected chi connectivity index (χ1v) is 8.01. The van der Waals surface area contributed by atoms with Crippen molar-refractivity contribution in [1.29, 1.82) is 0 Å². The highest BCUT2D eigenvalue weighted by atomic mass is 17.3. The molecule has 1 aromatic carbocycles. The maximum absolute atomic E-state index is 5.85. The fourth-order valence-corrected chi connectivity index (χ4v) is 2.96. The molecule has 1 aliphatic rings. The van der Waals surface area contributed by atoms with Gasteiger partial charge in [0.2, 0.25) is 0 Å². The van der Waals surface area contributed by atoms with Gasteiger partial charge in [0.25, 0.3) is 5.79 Å². The molecule has 2 unspecified atom stereocenters. The van der Waals surface area contributed by atoms with Crippen molar-refractivity contribution in [2.45, 2.75) is 45.5 Å². The maximum atomic E-state index is 5.85. The summed E-state index contributed by atoms with van der Waals surface area (Å²) in [6, 6.07) is 7.66. The second-order valence-corrected chi connectivity index (χ2v) is 6.85. The average Bonchev–Trinajstić information content (AvgIpc) is 2.50. The molecule has 0 N–H and O–H groups in total. The first-order valence-electron chi connectivity index (χ1n) is 8.01. The summed E-state index contributed by atoms with van der Waals surface area (Å²) in [6.45, 7) is 9.41. The Labute approximate surface area is 138 Å². The molecule has 0 amide bonds. The van der Waals surface area contributed by atoms with Crippen molar-refractivity contribution in [3.63, 3.8) is 0 Å². The van der Waals surface area contributed by atoms with Crippen LogP contribution in [0.25, 0.3) is 0 Å². The summed E-state index contributed by atoms with van der Waals surface area (Å²) in [5, 5.41) is 0. The number of ether oxygens (including phenoxy) is 3. The summed E-state index contributed by atoms with van der Waals surface area (Å²) >= 11 is 0. The minimum atomic E-state index is -1.03. The molecule has 0 saturated carbocycles. The molecule has 1 fully saturated rings. The molecule has 5 nitrogen and oxygen atoms in total. The monoisotopic (exact) mass is 324 g/mol. The number of hydrogen-bond donors (Lipinski definition) is 0. The predicted molar refractivity (Wildman–Crippen MR) is 87.1 cm³/mol. The average molecular weight is 324 g/mol. The van der Waals surface area contributed by atoms with Crippen LogP contribution in [0.3, 0.4) is 0 Å². The van der Waals surface area contributed by atoms with E-state index in [1.54, 1.807) is 14.2 Å². The third-order valence-electron chi connectivity index (χ3n) is 4.44. The Balaban J connectivity index is 2.45. The second-order valence-electron chi connectivity index (χ2n) is 6.85. The Morgan fingerprint density at radius 3 is 2.35 bits per heavy atom. The van der Waals surface area contributed by atoms with E-state index in [-0.39, 0.29) is 5.41 Å². The third kappa shape index (κ3) is 2.87. The number of methoxy groups -OCH3 is 2. The lowest BCUT2D eigenvalue weighted by molar-refractivity contribution is -0.638. The van der Waals surface area contributed by atoms with Gasteiger partial charge in [-0.1, -0.05) is 39.8 Å². The van der Waals surface area contributed by atoms with Crippen molar-refractivity contribution < 1.29 is 24.0 Å². The molecule has 0 aliphatic carbocycles. The summed E-state index contributed by atoms with van der Waals surface area (Å²) < 4.78 is 17.0. The highest BCUT2D eigenvalue weighted by molar-refractivity contribution is 5.35. The zero-order chi connectivity index (χ0) is 17.1. The second kappa shape index (κ2) is 6.77. The molecule has 0 radical (unpaired) electrons. The van der Waals surface area contributed by atoms with Gasteiger partial charge < -0.3 is 14.2 Å². The lowest BCUT2D eigenvalue weighted by atomic mass is 9.68. The molecule has 1 aromatic rings. The van der Waals surface area contributed by atoms with E-state index in [1.165, 1.54) is 0 Å². The van der Waals surface area contributed by atoms with Crippen LogP contribution in [0.1, 0.15) is 39.7 Å². The minimum Gasteiger partial charge on any atom is -0.497 e. The van der Waals surface area contributed by atoms with Gasteiger partial charge in [0.15, 0.2) is 5.60 Å². The summed E-state index contributed by atoms with van der Waals surface area (Å²) in [5.74, 6) is -0.292. The Bertz CT molecular complexity index is 520. The van der Waals surface area contributed by atoms with E-state index in [2.05, 4.69) is 27.7 Å². The van der Waals surface area contributed by atoms with Gasteiger partial charge in [0.1, 0.15) is 5.75 Å². The molecule has 23 heavy (non-hydrogen) atoms. The summed E-state index contributed by atoms with van der Waals surface area (Å²) in [7, 11) is 3.26. The van der Waals surface area contributed by atoms with Crippen LogP contribution in [-0.2, 0) is 25.0 Å². The van der Waals surface area contributed by atoms with Crippen molar-refractivity contribution in [1.82, 2.24) is 0 Å². The van der Waals surface area contributed by atoms with Crippen LogP contribution < -0.4 is 4.74 Å². The molecule has 0 aromatic heterocycles. The normalized spacial score (nSPS) is 27.6. The van der Waals surface area contributed by atoms with Crippen molar-refractivity contribution in [3.8, 4) is 5.75 Å². The molecule has 1 aliphatic heterocycles. The van der Waals surface area contributed by atoms with Gasteiger partial charge in [-0.2, -0.15) is 4.89 Å². The van der Waals surface area contributed by atoms with Crippen LogP contribution >= 0.6 is 0 Å². The van der Waals surface area contributed by atoms with Gasteiger partial charge in [0, 0.05) is 24.7 Å². The Kier molecular flexibility index (Phi) is 5.36. The molecule has 1 saturated heterocycles. The van der Waals surface area contributed by atoms with E-state index in [9.17, 15) is 0 Å². The first-order chi connectivity index (χ1) is 10.9. The molecule has 1 heterocycles. The Hall–Kier alpha value is -1.14. The quantitative estimate of drug-likeness (QED) is 0.566. The highest BCUT2D eigenvalue weighted by Crippen LogP contribution is 2.57. The van der Waals surface area contributed by atoms with Crippen molar-refractivity contribution >= 4 is 0 Å². The fraction of sp³-hybridized carbons (Fsp3) is 0.667. The lowest BCUT2D eigenvalue weighted by Crippen LogP contribution is -2.73. The van der Waals surface area contributed by atoms with Crippen LogP contribution in [0.5, 0.6) is 5.75 Å². The number of hydrogen-bond acceptors (Lipinski definition) is 5. The Morgan fingerprint density at radius 1 is 1.13 bits per heavy atom. The summed E-state index contributed by atoms with van der Waals surface area (Å²) in [5.41, 5.74) is -0.172. The van der Waals surface area contributed by atoms with Gasteiger partial charge in [-0.05, 0) is 18.6 Å². The van der Waals surface area contributed by atoms with E-state index in [0.717, 1.165) is 17.7 Å². The van der Waals surface area contributed by atoms with Gasteiger partial charge in [-0.3, -0.25) is 0 Å². The number of rotatable bonds is 7. The summed E-state index contributed by atoms with van der Waals surface area (Å²) in [4.78, 5) is 11.2. The van der Waals surface area contributed by atoms with Gasteiger partial charge in [0.05, 0.1) is 13.7 Å². The molecule has 5 heteroatoms. The first kappa shape index (κ1) is 18.2. The van der Waals surface area contributed by atoms with Crippen LogP contribution in [-0.4, -0.2) is 33.0 Å². The van der Waals surface area contributed by atoms with Crippen LogP contribution in [0.15, 0.2) is 24.3 Å². The van der Waals surface area contributed by atoms with E-state index in [4.69, 9.17) is 24.0 Å². The summed E-state index contributed by atoms with van der Waals surface area (Å²) in [6.07, 6.45) is 0.945. The van der Waals surface area contributed by atoms with Crippen LogP contribution in [0.2, 0.25) is 0 Å². The molecule has 0 bridgehead atoms. The van der Waals surface area contributed by atoms with E-state index in [1.807, 2.05) is 24.3 Å². The fourth-order valence-electron chi connectivity index (χ4n) is 2.96. The topological polar surface area (TPSA) is 46.2 Å². The molecular weight excluding hydrogens is 296 g/mol. The van der Waals surface area contributed by atoms with Crippen molar-refractivity contribution in [2.75, 3.05) is 27.4 Å². The van der Waals surface area contributed by atoms with Gasteiger partial charge >= 0.3 is 0 Å². The largest absolute Gasteiger partial charge is 0.497 e. The predicted octanol–water partition coefficient (Wildman–Crippen LogP) is 3.67. The van der Waals surface area contributed by atoms with Crippen LogP contribution in [0, 0.1) is 5.41 Å². The molecule has 0 spiro atoms. The third-order valence-corrected chi connectivity index (χ3v) is 4.44. The van der Waals surface area contributed by atoms with Gasteiger partial charge in [-0.25, -0.2) is 4.89 Å². The molecule has 2 atom stereocenters. The molecular formula is C18H28O5. The SMILES string of the molecule is CCCOCC1(C(C)(C)C)OOC1(OC)c1cccc(OC)c1. The van der Waals surface area contributed by atoms with Gasteiger partial charge in [-0.15, -0.1) is 0 Å². The number of benzene rings is 1. The lowest BCUT2D eigenvalue weighted by Gasteiger charge is -2.60. The van der Waals surface area contributed by atoms with E-state index >= 15 is 0 Å².